The van der Waals surface area contributed by atoms with Crippen molar-refractivity contribution in [3.05, 3.63) is 24.5 Å². The summed E-state index contributed by atoms with van der Waals surface area (Å²) in [6.45, 7) is 3.62. The molecule has 6 heteroatoms. The van der Waals surface area contributed by atoms with Crippen LogP contribution in [0.2, 0.25) is 0 Å². The van der Waals surface area contributed by atoms with Crippen LogP contribution in [-0.2, 0) is 4.79 Å². The summed E-state index contributed by atoms with van der Waals surface area (Å²) in [4.78, 5) is 23.6. The van der Waals surface area contributed by atoms with Crippen molar-refractivity contribution in [2.75, 3.05) is 25.0 Å². The Morgan fingerprint density at radius 1 is 1.57 bits per heavy atom. The van der Waals surface area contributed by atoms with Crippen LogP contribution in [0.25, 0.3) is 11.0 Å². The summed E-state index contributed by atoms with van der Waals surface area (Å²) in [6, 6.07) is 6.22. The van der Waals surface area contributed by atoms with Gasteiger partial charge in [-0.05, 0) is 24.5 Å². The predicted octanol–water partition coefficient (Wildman–Crippen LogP) is 2.15. The van der Waals surface area contributed by atoms with E-state index < -0.39 is 0 Å². The monoisotopic (exact) mass is 311 g/mol. The van der Waals surface area contributed by atoms with Gasteiger partial charge in [0.1, 0.15) is 12.1 Å². The van der Waals surface area contributed by atoms with Gasteiger partial charge in [0.15, 0.2) is 0 Å². The summed E-state index contributed by atoms with van der Waals surface area (Å²) in [7, 11) is 2.07. The number of fused-ring (bicyclic) bond motifs is 1. The van der Waals surface area contributed by atoms with Gasteiger partial charge >= 0.3 is 0 Å². The van der Waals surface area contributed by atoms with Crippen LogP contribution in [0, 0.1) is 17.2 Å². The van der Waals surface area contributed by atoms with E-state index in [1.54, 1.807) is 6.20 Å². The fourth-order valence-electron chi connectivity index (χ4n) is 3.39. The van der Waals surface area contributed by atoms with Gasteiger partial charge in [-0.2, -0.15) is 5.26 Å². The van der Waals surface area contributed by atoms with Crippen molar-refractivity contribution in [2.24, 2.45) is 5.92 Å². The SMILES string of the molecule is C[C@@H]1CCN(C(=O)CC#N)C[C@@H]1N(C)c1ccnc2[nH]ccc12. The molecule has 1 aliphatic rings. The number of hydrogen-bond donors (Lipinski definition) is 1. The van der Waals surface area contributed by atoms with Gasteiger partial charge in [0.2, 0.25) is 5.91 Å². The number of likely N-dealkylation sites (tertiary alicyclic amines) is 1. The molecule has 0 aliphatic carbocycles. The second-order valence-electron chi connectivity index (χ2n) is 6.19. The van der Waals surface area contributed by atoms with Crippen LogP contribution in [0.3, 0.4) is 0 Å². The van der Waals surface area contributed by atoms with Gasteiger partial charge in [0.05, 0.1) is 6.07 Å². The van der Waals surface area contributed by atoms with E-state index in [0.717, 1.165) is 29.7 Å². The summed E-state index contributed by atoms with van der Waals surface area (Å²) in [5, 5.41) is 9.83. The molecular weight excluding hydrogens is 290 g/mol. The Bertz CT molecular complexity index is 747. The maximum atomic E-state index is 12.1. The Morgan fingerprint density at radius 3 is 3.17 bits per heavy atom. The first-order chi connectivity index (χ1) is 11.1. The van der Waals surface area contributed by atoms with Crippen molar-refractivity contribution >= 4 is 22.6 Å². The van der Waals surface area contributed by atoms with Gasteiger partial charge in [0, 0.05) is 49.6 Å². The Morgan fingerprint density at radius 2 is 2.39 bits per heavy atom. The molecular formula is C17H21N5O. The normalized spacial score (nSPS) is 21.2. The zero-order valence-electron chi connectivity index (χ0n) is 13.5. The van der Waals surface area contributed by atoms with Crippen molar-refractivity contribution < 1.29 is 4.79 Å². The molecule has 23 heavy (non-hydrogen) atoms. The average molecular weight is 311 g/mol. The maximum Gasteiger partial charge on any atom is 0.236 e. The summed E-state index contributed by atoms with van der Waals surface area (Å²) in [5.41, 5.74) is 1.98. The number of H-pyrrole nitrogens is 1. The number of hydrogen-bond acceptors (Lipinski definition) is 4. The minimum Gasteiger partial charge on any atom is -0.369 e. The van der Waals surface area contributed by atoms with Gasteiger partial charge < -0.3 is 14.8 Å². The van der Waals surface area contributed by atoms with Crippen LogP contribution in [0.1, 0.15) is 19.8 Å². The van der Waals surface area contributed by atoms with Gasteiger partial charge in [-0.1, -0.05) is 6.92 Å². The van der Waals surface area contributed by atoms with E-state index in [1.165, 1.54) is 0 Å². The molecule has 0 aromatic carbocycles. The smallest absolute Gasteiger partial charge is 0.236 e. The highest BCUT2D eigenvalue weighted by Crippen LogP contribution is 2.30. The summed E-state index contributed by atoms with van der Waals surface area (Å²) in [5.74, 6) is 0.410. The van der Waals surface area contributed by atoms with Crippen LogP contribution in [0.15, 0.2) is 24.5 Å². The van der Waals surface area contributed by atoms with Crippen LogP contribution in [-0.4, -0.2) is 47.0 Å². The van der Waals surface area contributed by atoms with Crippen molar-refractivity contribution in [3.8, 4) is 6.07 Å². The molecule has 3 rings (SSSR count). The fourth-order valence-corrected chi connectivity index (χ4v) is 3.39. The number of carbonyl (C=O) groups is 1. The molecule has 2 aromatic rings. The van der Waals surface area contributed by atoms with Gasteiger partial charge in [0.25, 0.3) is 0 Å². The Kier molecular flexibility index (Phi) is 4.20. The largest absolute Gasteiger partial charge is 0.369 e. The molecule has 120 valence electrons. The van der Waals surface area contributed by atoms with E-state index in [4.69, 9.17) is 5.26 Å². The third-order valence-electron chi connectivity index (χ3n) is 4.82. The molecule has 2 atom stereocenters. The van der Waals surface area contributed by atoms with Gasteiger partial charge in [-0.25, -0.2) is 4.98 Å². The average Bonchev–Trinajstić information content (AvgIpc) is 3.03. The standard InChI is InChI=1S/C17H21N5O/c1-12-6-10-22(16(23)3-7-18)11-15(12)21(2)14-5-9-20-17-13(14)4-8-19-17/h4-5,8-9,12,15H,3,6,10-11H2,1-2H3,(H,19,20)/t12-,15+/m1/s1. The lowest BCUT2D eigenvalue weighted by molar-refractivity contribution is -0.131. The fraction of sp³-hybridized carbons (Fsp3) is 0.471. The molecule has 0 bridgehead atoms. The number of nitrogens with zero attached hydrogens (tertiary/aromatic N) is 4. The number of likely N-dealkylation sites (N-methyl/N-ethyl adjacent to an activating group) is 1. The topological polar surface area (TPSA) is 76.0 Å². The summed E-state index contributed by atoms with van der Waals surface area (Å²) < 4.78 is 0. The van der Waals surface area contributed by atoms with Crippen molar-refractivity contribution in [1.29, 1.82) is 5.26 Å². The molecule has 3 heterocycles. The lowest BCUT2D eigenvalue weighted by Crippen LogP contribution is -2.52. The van der Waals surface area contributed by atoms with Crippen molar-refractivity contribution in [2.45, 2.75) is 25.8 Å². The zero-order chi connectivity index (χ0) is 16.4. The van der Waals surface area contributed by atoms with E-state index >= 15 is 0 Å². The van der Waals surface area contributed by atoms with E-state index in [0.29, 0.717) is 12.5 Å². The second-order valence-corrected chi connectivity index (χ2v) is 6.19. The maximum absolute atomic E-state index is 12.1. The first kappa shape index (κ1) is 15.3. The number of aromatic amines is 1. The van der Waals surface area contributed by atoms with Crippen molar-refractivity contribution in [1.82, 2.24) is 14.9 Å². The van der Waals surface area contributed by atoms with Crippen LogP contribution in [0.5, 0.6) is 0 Å². The summed E-state index contributed by atoms with van der Waals surface area (Å²) in [6.07, 6.45) is 4.61. The second kappa shape index (κ2) is 6.29. The van der Waals surface area contributed by atoms with Gasteiger partial charge in [-0.15, -0.1) is 0 Å². The molecule has 1 N–H and O–H groups in total. The molecule has 1 fully saturated rings. The van der Waals surface area contributed by atoms with E-state index in [1.807, 2.05) is 29.3 Å². The molecule has 0 spiro atoms. The number of amides is 1. The zero-order valence-corrected chi connectivity index (χ0v) is 13.5. The number of pyridine rings is 1. The molecule has 0 radical (unpaired) electrons. The number of piperidine rings is 1. The lowest BCUT2D eigenvalue weighted by atomic mass is 9.91. The van der Waals surface area contributed by atoms with E-state index in [9.17, 15) is 4.79 Å². The molecule has 1 saturated heterocycles. The molecule has 6 nitrogen and oxygen atoms in total. The first-order valence-electron chi connectivity index (χ1n) is 7.91. The lowest BCUT2D eigenvalue weighted by Gasteiger charge is -2.42. The third-order valence-corrected chi connectivity index (χ3v) is 4.82. The van der Waals surface area contributed by atoms with E-state index in [2.05, 4.69) is 28.8 Å². The highest BCUT2D eigenvalue weighted by atomic mass is 16.2. The third kappa shape index (κ3) is 2.87. The Labute approximate surface area is 135 Å². The molecule has 2 aromatic heterocycles. The Hall–Kier alpha value is -2.55. The molecule has 1 amide bonds. The van der Waals surface area contributed by atoms with Crippen LogP contribution >= 0.6 is 0 Å². The highest BCUT2D eigenvalue weighted by molar-refractivity contribution is 5.89. The number of nitriles is 1. The number of nitrogens with one attached hydrogen (secondary N) is 1. The summed E-state index contributed by atoms with van der Waals surface area (Å²) >= 11 is 0. The molecule has 0 unspecified atom stereocenters. The van der Waals surface area contributed by atoms with Crippen LogP contribution < -0.4 is 4.90 Å². The molecule has 0 saturated carbocycles. The van der Waals surface area contributed by atoms with E-state index in [-0.39, 0.29) is 18.4 Å². The highest BCUT2D eigenvalue weighted by Gasteiger charge is 2.32. The number of aromatic nitrogens is 2. The number of carbonyl (C=O) groups excluding carboxylic acids is 1. The Balaban J connectivity index is 1.85. The molecule has 1 aliphatic heterocycles. The van der Waals surface area contributed by atoms with Gasteiger partial charge in [-0.3, -0.25) is 4.79 Å². The quantitative estimate of drug-likeness (QED) is 0.942. The van der Waals surface area contributed by atoms with Crippen molar-refractivity contribution in [3.63, 3.8) is 0 Å². The minimum atomic E-state index is -0.0701. The number of rotatable bonds is 3. The first-order valence-corrected chi connectivity index (χ1v) is 7.91. The predicted molar refractivity (Wildman–Crippen MR) is 88.9 cm³/mol. The number of anilines is 1. The van der Waals surface area contributed by atoms with Crippen LogP contribution in [0.4, 0.5) is 5.69 Å². The minimum absolute atomic E-state index is 0.0396.